The van der Waals surface area contributed by atoms with Gasteiger partial charge in [-0.1, -0.05) is 58.9 Å². The standard InChI is InChI=1S/C19H27NO2S.BrH/c1-18(2,3)16-13(15(22)11-20-9-10-23-12-20)7-8-14(21)17(16)19(4,5)6;/h7-10,12,15,22H,11H2,1-6H3;1H. The lowest BCUT2D eigenvalue weighted by Crippen LogP contribution is -3.00. The van der Waals surface area contributed by atoms with E-state index in [4.69, 9.17) is 0 Å². The molecule has 2 aromatic rings. The van der Waals surface area contributed by atoms with E-state index in [0.717, 1.165) is 16.7 Å². The van der Waals surface area contributed by atoms with Crippen molar-refractivity contribution in [2.45, 2.75) is 65.0 Å². The molecular weight excluding hydrogens is 386 g/mol. The molecule has 2 rings (SSSR count). The maximum atomic E-state index is 10.8. The van der Waals surface area contributed by atoms with Crippen LogP contribution in [0.25, 0.3) is 0 Å². The van der Waals surface area contributed by atoms with Gasteiger partial charge in [0.25, 0.3) is 0 Å². The second-order valence-electron chi connectivity index (χ2n) is 8.16. The molecule has 1 unspecified atom stereocenters. The summed E-state index contributed by atoms with van der Waals surface area (Å²) in [7, 11) is 0. The Labute approximate surface area is 159 Å². The number of aliphatic hydroxyl groups excluding tert-OH is 1. The molecule has 0 aliphatic rings. The number of phenolic OH excluding ortho intramolecular Hbond substituents is 1. The number of thiazole rings is 1. The summed E-state index contributed by atoms with van der Waals surface area (Å²) in [6.07, 6.45) is 1.36. The van der Waals surface area contributed by atoms with Crippen LogP contribution in [-0.4, -0.2) is 10.2 Å². The molecule has 1 heterocycles. The van der Waals surface area contributed by atoms with Gasteiger partial charge in [-0.3, -0.25) is 0 Å². The number of aliphatic hydroxyl groups is 1. The van der Waals surface area contributed by atoms with Crippen LogP contribution in [0.3, 0.4) is 0 Å². The predicted octanol–water partition coefficient (Wildman–Crippen LogP) is 1.07. The van der Waals surface area contributed by atoms with Gasteiger partial charge in [-0.05, 0) is 28.0 Å². The first-order chi connectivity index (χ1) is 10.5. The van der Waals surface area contributed by atoms with Gasteiger partial charge < -0.3 is 27.2 Å². The van der Waals surface area contributed by atoms with E-state index in [1.807, 2.05) is 27.7 Å². The van der Waals surface area contributed by atoms with Crippen LogP contribution in [0.1, 0.15) is 64.3 Å². The number of rotatable bonds is 3. The third kappa shape index (κ3) is 4.58. The average Bonchev–Trinajstić information content (AvgIpc) is 2.88. The molecule has 134 valence electrons. The number of halogens is 1. The normalized spacial score (nSPS) is 13.5. The van der Waals surface area contributed by atoms with Crippen LogP contribution in [0, 0.1) is 0 Å². The average molecular weight is 414 g/mol. The monoisotopic (exact) mass is 413 g/mol. The molecule has 1 aromatic heterocycles. The highest BCUT2D eigenvalue weighted by Crippen LogP contribution is 2.43. The van der Waals surface area contributed by atoms with E-state index in [2.05, 4.69) is 41.5 Å². The van der Waals surface area contributed by atoms with Crippen molar-refractivity contribution in [2.75, 3.05) is 0 Å². The first-order valence-corrected chi connectivity index (χ1v) is 8.92. The minimum atomic E-state index is -0.606. The lowest BCUT2D eigenvalue weighted by molar-refractivity contribution is -0.700. The highest BCUT2D eigenvalue weighted by molar-refractivity contribution is 7.07. The summed E-state index contributed by atoms with van der Waals surface area (Å²) in [6.45, 7) is 13.2. The Hall–Kier alpha value is -0.910. The van der Waals surface area contributed by atoms with Gasteiger partial charge >= 0.3 is 0 Å². The molecule has 0 amide bonds. The molecule has 0 bridgehead atoms. The van der Waals surface area contributed by atoms with Crippen molar-refractivity contribution in [3.8, 4) is 5.75 Å². The number of nitrogens with zero attached hydrogens (tertiary/aromatic N) is 1. The van der Waals surface area contributed by atoms with Crippen LogP contribution in [-0.2, 0) is 17.4 Å². The molecule has 0 aliphatic heterocycles. The van der Waals surface area contributed by atoms with Gasteiger partial charge in [-0.15, -0.1) is 0 Å². The van der Waals surface area contributed by atoms with Crippen LogP contribution in [0.5, 0.6) is 5.75 Å². The Bertz CT molecular complexity index is 670. The zero-order chi connectivity index (χ0) is 17.4. The minimum Gasteiger partial charge on any atom is -1.00 e. The Morgan fingerprint density at radius 1 is 1.04 bits per heavy atom. The first-order valence-electron chi connectivity index (χ1n) is 7.98. The summed E-state index contributed by atoms with van der Waals surface area (Å²) in [6, 6.07) is 3.58. The molecule has 0 saturated carbocycles. The van der Waals surface area contributed by atoms with Gasteiger partial charge in [-0.25, -0.2) is 0 Å². The van der Waals surface area contributed by atoms with Crippen LogP contribution >= 0.6 is 11.3 Å². The van der Waals surface area contributed by atoms with Gasteiger partial charge in [0.15, 0.2) is 12.7 Å². The maximum Gasteiger partial charge on any atom is 0.224 e. The Kier molecular flexibility index (Phi) is 6.64. The van der Waals surface area contributed by atoms with Crippen LogP contribution < -0.4 is 21.5 Å². The number of hydrogen-bond donors (Lipinski definition) is 2. The summed E-state index contributed by atoms with van der Waals surface area (Å²) >= 11 is 1.61. The van der Waals surface area contributed by atoms with Crippen molar-refractivity contribution in [1.29, 1.82) is 0 Å². The summed E-state index contributed by atoms with van der Waals surface area (Å²) in [5.74, 6) is 0.307. The molecule has 0 fully saturated rings. The van der Waals surface area contributed by atoms with Crippen molar-refractivity contribution in [3.63, 3.8) is 0 Å². The van der Waals surface area contributed by atoms with E-state index >= 15 is 0 Å². The van der Waals surface area contributed by atoms with Gasteiger partial charge in [0, 0.05) is 5.56 Å². The fourth-order valence-corrected chi connectivity index (χ4v) is 3.73. The van der Waals surface area contributed by atoms with Crippen molar-refractivity contribution >= 4 is 11.3 Å². The maximum absolute atomic E-state index is 10.8. The van der Waals surface area contributed by atoms with E-state index in [1.165, 1.54) is 0 Å². The topological polar surface area (TPSA) is 44.3 Å². The van der Waals surface area contributed by atoms with E-state index in [-0.39, 0.29) is 27.8 Å². The summed E-state index contributed by atoms with van der Waals surface area (Å²) in [5, 5.41) is 23.3. The number of phenols is 1. The van der Waals surface area contributed by atoms with E-state index < -0.39 is 6.10 Å². The smallest absolute Gasteiger partial charge is 0.224 e. The molecule has 0 radical (unpaired) electrons. The van der Waals surface area contributed by atoms with Gasteiger partial charge in [-0.2, -0.15) is 4.57 Å². The number of aromatic hydroxyl groups is 1. The molecule has 0 spiro atoms. The first kappa shape index (κ1) is 21.1. The molecule has 1 aromatic carbocycles. The number of aromatic nitrogens is 1. The second-order valence-corrected chi connectivity index (χ2v) is 8.92. The van der Waals surface area contributed by atoms with Crippen molar-refractivity contribution < 1.29 is 31.8 Å². The predicted molar refractivity (Wildman–Crippen MR) is 95.0 cm³/mol. The Morgan fingerprint density at radius 2 is 1.62 bits per heavy atom. The van der Waals surface area contributed by atoms with E-state index in [0.29, 0.717) is 12.3 Å². The zero-order valence-corrected chi connectivity index (χ0v) is 17.7. The molecule has 0 aliphatic carbocycles. The third-order valence-electron chi connectivity index (χ3n) is 3.99. The zero-order valence-electron chi connectivity index (χ0n) is 15.3. The Balaban J connectivity index is 0.00000288. The summed E-state index contributed by atoms with van der Waals surface area (Å²) < 4.78 is 1.99. The van der Waals surface area contributed by atoms with Crippen LogP contribution in [0.4, 0.5) is 0 Å². The van der Waals surface area contributed by atoms with E-state index in [1.54, 1.807) is 17.4 Å². The fourth-order valence-electron chi connectivity index (χ4n) is 3.12. The van der Waals surface area contributed by atoms with Crippen molar-refractivity contribution in [1.82, 2.24) is 0 Å². The third-order valence-corrected chi connectivity index (χ3v) is 4.66. The SMILES string of the molecule is CC(C)(C)c1c(O)ccc(C(O)C[n+]2ccsc2)c1C(C)(C)C.[Br-]. The molecular formula is C19H28BrNO2S. The van der Waals surface area contributed by atoms with Gasteiger partial charge in [0.05, 0.1) is 5.38 Å². The van der Waals surface area contributed by atoms with Crippen LogP contribution in [0.15, 0.2) is 29.2 Å². The Morgan fingerprint density at radius 3 is 2.08 bits per heavy atom. The molecule has 0 saturated heterocycles. The molecule has 5 heteroatoms. The molecule has 2 N–H and O–H groups in total. The van der Waals surface area contributed by atoms with Gasteiger partial charge in [0.1, 0.15) is 11.9 Å². The molecule has 1 atom stereocenters. The molecule has 3 nitrogen and oxygen atoms in total. The highest BCUT2D eigenvalue weighted by atomic mass is 79.9. The number of hydrogen-bond acceptors (Lipinski definition) is 3. The summed E-state index contributed by atoms with van der Waals surface area (Å²) in [5.41, 5.74) is 4.50. The summed E-state index contributed by atoms with van der Waals surface area (Å²) in [4.78, 5) is 0. The second kappa shape index (κ2) is 7.54. The van der Waals surface area contributed by atoms with Crippen molar-refractivity contribution in [2.24, 2.45) is 0 Å². The number of benzene rings is 1. The lowest BCUT2D eigenvalue weighted by atomic mass is 9.72. The lowest BCUT2D eigenvalue weighted by Gasteiger charge is -2.33. The fraction of sp³-hybridized carbons (Fsp3) is 0.526. The quantitative estimate of drug-likeness (QED) is 0.739. The van der Waals surface area contributed by atoms with Gasteiger partial charge in [0.2, 0.25) is 5.51 Å². The minimum absolute atomic E-state index is 0. The van der Waals surface area contributed by atoms with Crippen molar-refractivity contribution in [3.05, 3.63) is 45.9 Å². The largest absolute Gasteiger partial charge is 1.00 e. The highest BCUT2D eigenvalue weighted by Gasteiger charge is 2.33. The molecule has 24 heavy (non-hydrogen) atoms. The van der Waals surface area contributed by atoms with E-state index in [9.17, 15) is 10.2 Å². The van der Waals surface area contributed by atoms with Crippen LogP contribution in [0.2, 0.25) is 0 Å².